The maximum atomic E-state index is 5.93. The molecule has 2 rings (SSSR count). The fraction of sp³-hybridized carbons (Fsp3) is 0.250. The first-order valence-corrected chi connectivity index (χ1v) is 5.59. The van der Waals surface area contributed by atoms with Gasteiger partial charge in [0.15, 0.2) is 0 Å². The Hall–Kier alpha value is -1.32. The van der Waals surface area contributed by atoms with E-state index in [0.29, 0.717) is 5.02 Å². The van der Waals surface area contributed by atoms with Crippen LogP contribution in [0, 0.1) is 0 Å². The van der Waals surface area contributed by atoms with Gasteiger partial charge in [0.05, 0.1) is 5.69 Å². The third-order valence-corrected chi connectivity index (χ3v) is 2.53. The molecule has 4 heteroatoms. The maximum absolute atomic E-state index is 5.93. The molecule has 16 heavy (non-hydrogen) atoms. The fourth-order valence-electron chi connectivity index (χ4n) is 1.61. The minimum Gasteiger partial charge on any atom is -0.328 e. The lowest BCUT2D eigenvalue weighted by molar-refractivity contribution is 0.719. The smallest absolute Gasteiger partial charge is 0.0924 e. The topological polar surface area (TPSA) is 54.7 Å². The number of aromatic nitrogens is 2. The molecule has 2 aromatic rings. The second kappa shape index (κ2) is 4.68. The molecule has 0 aliphatic rings. The molecule has 0 amide bonds. The lowest BCUT2D eigenvalue weighted by atomic mass is 10.1. The number of rotatable bonds is 3. The van der Waals surface area contributed by atoms with Gasteiger partial charge in [-0.1, -0.05) is 23.7 Å². The Labute approximate surface area is 99.6 Å². The zero-order valence-corrected chi connectivity index (χ0v) is 9.83. The van der Waals surface area contributed by atoms with Crippen LogP contribution in [0.2, 0.25) is 5.02 Å². The predicted molar refractivity (Wildman–Crippen MR) is 66.4 cm³/mol. The van der Waals surface area contributed by atoms with Crippen molar-refractivity contribution in [3.63, 3.8) is 0 Å². The first kappa shape index (κ1) is 11.2. The number of nitrogens with two attached hydrogens (primary N) is 1. The highest BCUT2D eigenvalue weighted by Crippen LogP contribution is 2.21. The number of hydrogen-bond donors (Lipinski definition) is 2. The minimum absolute atomic E-state index is 0.132. The molecular formula is C12H14ClN3. The van der Waals surface area contributed by atoms with Crippen molar-refractivity contribution in [1.29, 1.82) is 0 Å². The fourth-order valence-corrected chi connectivity index (χ4v) is 1.80. The molecule has 0 saturated carbocycles. The zero-order chi connectivity index (χ0) is 11.5. The van der Waals surface area contributed by atoms with Gasteiger partial charge in [-0.15, -0.1) is 0 Å². The van der Waals surface area contributed by atoms with Gasteiger partial charge in [-0.3, -0.25) is 5.10 Å². The summed E-state index contributed by atoms with van der Waals surface area (Å²) < 4.78 is 0. The molecule has 0 radical (unpaired) electrons. The van der Waals surface area contributed by atoms with Crippen LogP contribution in [-0.2, 0) is 6.42 Å². The van der Waals surface area contributed by atoms with Crippen molar-refractivity contribution in [2.24, 2.45) is 5.73 Å². The first-order valence-electron chi connectivity index (χ1n) is 5.21. The second-order valence-corrected chi connectivity index (χ2v) is 4.41. The lowest BCUT2D eigenvalue weighted by Crippen LogP contribution is -2.17. The molecule has 0 spiro atoms. The van der Waals surface area contributed by atoms with Crippen LogP contribution < -0.4 is 5.73 Å². The van der Waals surface area contributed by atoms with E-state index in [0.717, 1.165) is 23.4 Å². The third-order valence-electron chi connectivity index (χ3n) is 2.29. The Kier molecular flexibility index (Phi) is 3.27. The molecule has 0 bridgehead atoms. The van der Waals surface area contributed by atoms with Gasteiger partial charge >= 0.3 is 0 Å². The number of halogens is 1. The number of aromatic amines is 1. The monoisotopic (exact) mass is 235 g/mol. The molecule has 0 aliphatic heterocycles. The van der Waals surface area contributed by atoms with E-state index < -0.39 is 0 Å². The van der Waals surface area contributed by atoms with Crippen molar-refractivity contribution in [2.45, 2.75) is 19.4 Å². The minimum atomic E-state index is 0.132. The summed E-state index contributed by atoms with van der Waals surface area (Å²) in [6.07, 6.45) is 0.799. The molecule has 1 heterocycles. The van der Waals surface area contributed by atoms with E-state index in [1.54, 1.807) is 0 Å². The van der Waals surface area contributed by atoms with Crippen LogP contribution in [0.15, 0.2) is 30.3 Å². The molecule has 0 aliphatic carbocycles. The van der Waals surface area contributed by atoms with Crippen molar-refractivity contribution in [1.82, 2.24) is 10.2 Å². The second-order valence-electron chi connectivity index (χ2n) is 3.97. The van der Waals surface area contributed by atoms with Crippen molar-refractivity contribution in [2.75, 3.05) is 0 Å². The third kappa shape index (κ3) is 2.62. The Balaban J connectivity index is 2.24. The van der Waals surface area contributed by atoms with Gasteiger partial charge in [-0.05, 0) is 25.1 Å². The van der Waals surface area contributed by atoms with Crippen LogP contribution in [0.4, 0.5) is 0 Å². The summed E-state index contributed by atoms with van der Waals surface area (Å²) in [6.45, 7) is 1.97. The van der Waals surface area contributed by atoms with Crippen molar-refractivity contribution < 1.29 is 0 Å². The maximum Gasteiger partial charge on any atom is 0.0924 e. The molecule has 1 atom stereocenters. The highest BCUT2D eigenvalue weighted by Gasteiger charge is 2.05. The highest BCUT2D eigenvalue weighted by molar-refractivity contribution is 6.30. The highest BCUT2D eigenvalue weighted by atomic mass is 35.5. The first-order chi connectivity index (χ1) is 7.65. The average Bonchev–Trinajstić information content (AvgIpc) is 2.65. The Morgan fingerprint density at radius 1 is 1.44 bits per heavy atom. The molecule has 3 N–H and O–H groups in total. The van der Waals surface area contributed by atoms with Crippen LogP contribution in [0.25, 0.3) is 11.3 Å². The summed E-state index contributed by atoms with van der Waals surface area (Å²) in [5.74, 6) is 0. The summed E-state index contributed by atoms with van der Waals surface area (Å²) in [7, 11) is 0. The van der Waals surface area contributed by atoms with Gasteiger partial charge in [-0.2, -0.15) is 5.10 Å². The lowest BCUT2D eigenvalue weighted by Gasteiger charge is -1.99. The van der Waals surface area contributed by atoms with Gasteiger partial charge in [0.2, 0.25) is 0 Å². The standard InChI is InChI=1S/C12H14ClN3/c1-8(14)5-11-7-12(16-15-11)9-3-2-4-10(13)6-9/h2-4,6-8H,5,14H2,1H3,(H,15,16). The predicted octanol–water partition coefficient (Wildman–Crippen LogP) is 2.62. The van der Waals surface area contributed by atoms with Gasteiger partial charge < -0.3 is 5.73 Å². The summed E-state index contributed by atoms with van der Waals surface area (Å²) >= 11 is 5.93. The van der Waals surface area contributed by atoms with Crippen LogP contribution in [0.5, 0.6) is 0 Å². The molecule has 1 aromatic carbocycles. The number of nitrogens with one attached hydrogen (secondary N) is 1. The van der Waals surface area contributed by atoms with Gasteiger partial charge in [-0.25, -0.2) is 0 Å². The van der Waals surface area contributed by atoms with E-state index in [-0.39, 0.29) is 6.04 Å². The van der Waals surface area contributed by atoms with E-state index in [1.165, 1.54) is 0 Å². The summed E-state index contributed by atoms with van der Waals surface area (Å²) in [6, 6.07) is 9.78. The molecule has 3 nitrogen and oxygen atoms in total. The molecule has 84 valence electrons. The van der Waals surface area contributed by atoms with Crippen LogP contribution in [0.1, 0.15) is 12.6 Å². The molecule has 0 fully saturated rings. The van der Waals surface area contributed by atoms with Gasteiger partial charge in [0, 0.05) is 28.7 Å². The van der Waals surface area contributed by atoms with Crippen LogP contribution in [0.3, 0.4) is 0 Å². The van der Waals surface area contributed by atoms with Crippen LogP contribution in [-0.4, -0.2) is 16.2 Å². The average molecular weight is 236 g/mol. The summed E-state index contributed by atoms with van der Waals surface area (Å²) in [5.41, 5.74) is 8.69. The van der Waals surface area contributed by atoms with E-state index in [4.69, 9.17) is 17.3 Å². The number of benzene rings is 1. The SMILES string of the molecule is CC(N)Cc1cc(-c2cccc(Cl)c2)n[nH]1. The van der Waals surface area contributed by atoms with Crippen molar-refractivity contribution >= 4 is 11.6 Å². The van der Waals surface area contributed by atoms with E-state index in [2.05, 4.69) is 10.2 Å². The molecule has 0 saturated heterocycles. The summed E-state index contributed by atoms with van der Waals surface area (Å²) in [4.78, 5) is 0. The number of hydrogen-bond acceptors (Lipinski definition) is 2. The van der Waals surface area contributed by atoms with Crippen molar-refractivity contribution in [3.05, 3.63) is 41.0 Å². The number of nitrogens with zero attached hydrogens (tertiary/aromatic N) is 1. The van der Waals surface area contributed by atoms with E-state index in [1.807, 2.05) is 37.3 Å². The summed E-state index contributed by atoms with van der Waals surface area (Å²) in [5, 5.41) is 7.94. The van der Waals surface area contributed by atoms with E-state index in [9.17, 15) is 0 Å². The quantitative estimate of drug-likeness (QED) is 0.859. The van der Waals surface area contributed by atoms with Crippen LogP contribution >= 0.6 is 11.6 Å². The number of H-pyrrole nitrogens is 1. The van der Waals surface area contributed by atoms with Gasteiger partial charge in [0.25, 0.3) is 0 Å². The van der Waals surface area contributed by atoms with Gasteiger partial charge in [0.1, 0.15) is 0 Å². The Morgan fingerprint density at radius 3 is 2.94 bits per heavy atom. The molecular weight excluding hydrogens is 222 g/mol. The largest absolute Gasteiger partial charge is 0.328 e. The zero-order valence-electron chi connectivity index (χ0n) is 9.07. The molecule has 1 unspecified atom stereocenters. The Bertz CT molecular complexity index is 477. The normalized spacial score (nSPS) is 12.7. The molecule has 1 aromatic heterocycles. The Morgan fingerprint density at radius 2 is 2.25 bits per heavy atom. The van der Waals surface area contributed by atoms with Crippen molar-refractivity contribution in [3.8, 4) is 11.3 Å². The van der Waals surface area contributed by atoms with E-state index >= 15 is 0 Å².